The standard InChI is InChI=1S/C7H6I2N2O2/c8-3-1-6(2-4-9)13-7(12)5-11-10/h1-6H/b3-1-,4-2-. The van der Waals surface area contributed by atoms with Gasteiger partial charge in [-0.25, -0.2) is 4.79 Å². The van der Waals surface area contributed by atoms with Crippen molar-refractivity contribution in [1.82, 2.24) is 0 Å². The van der Waals surface area contributed by atoms with Gasteiger partial charge >= 0.3 is 12.2 Å². The van der Waals surface area contributed by atoms with Gasteiger partial charge in [0.15, 0.2) is 0 Å². The predicted molar refractivity (Wildman–Crippen MR) is 65.9 cm³/mol. The summed E-state index contributed by atoms with van der Waals surface area (Å²) >= 11 is 4.04. The molecule has 0 bridgehead atoms. The van der Waals surface area contributed by atoms with Crippen molar-refractivity contribution in [3.8, 4) is 0 Å². The van der Waals surface area contributed by atoms with Crippen LogP contribution in [-0.4, -0.2) is 23.1 Å². The third-order valence-corrected chi connectivity index (χ3v) is 1.77. The molecule has 0 saturated carbocycles. The van der Waals surface area contributed by atoms with E-state index in [1.165, 1.54) is 0 Å². The highest BCUT2D eigenvalue weighted by atomic mass is 127. The van der Waals surface area contributed by atoms with Gasteiger partial charge in [-0.15, -0.1) is 0 Å². The van der Waals surface area contributed by atoms with E-state index >= 15 is 0 Å². The summed E-state index contributed by atoms with van der Waals surface area (Å²) in [5, 5.41) is 0. The van der Waals surface area contributed by atoms with Gasteiger partial charge in [0.1, 0.15) is 6.10 Å². The van der Waals surface area contributed by atoms with E-state index in [-0.39, 0.29) is 0 Å². The van der Waals surface area contributed by atoms with Crippen molar-refractivity contribution in [1.29, 1.82) is 0 Å². The molecule has 0 amide bonds. The van der Waals surface area contributed by atoms with Gasteiger partial charge in [0.05, 0.1) is 0 Å². The number of nitrogens with zero attached hydrogens (tertiary/aromatic N) is 2. The fourth-order valence-corrected chi connectivity index (χ4v) is 1.32. The summed E-state index contributed by atoms with van der Waals surface area (Å²) < 4.78 is 8.32. The van der Waals surface area contributed by atoms with Crippen LogP contribution in [0.5, 0.6) is 0 Å². The number of rotatable bonds is 4. The summed E-state index contributed by atoms with van der Waals surface area (Å²) in [4.78, 5) is 13.4. The number of esters is 1. The Morgan fingerprint density at radius 2 is 1.92 bits per heavy atom. The number of halogens is 2. The van der Waals surface area contributed by atoms with Crippen molar-refractivity contribution in [3.63, 3.8) is 0 Å². The highest BCUT2D eigenvalue weighted by Crippen LogP contribution is 2.01. The van der Waals surface area contributed by atoms with Gasteiger partial charge in [0, 0.05) is 0 Å². The summed E-state index contributed by atoms with van der Waals surface area (Å²) in [6, 6.07) is 0. The second kappa shape index (κ2) is 8.39. The van der Waals surface area contributed by atoms with Gasteiger partial charge in [0.25, 0.3) is 0 Å². The van der Waals surface area contributed by atoms with E-state index in [1.807, 2.05) is 45.2 Å². The average molecular weight is 404 g/mol. The Balaban J connectivity index is 4.24. The molecule has 0 aromatic carbocycles. The zero-order valence-electron chi connectivity index (χ0n) is 6.43. The van der Waals surface area contributed by atoms with Gasteiger partial charge < -0.3 is 10.3 Å². The Morgan fingerprint density at radius 3 is 2.31 bits per heavy atom. The molecule has 0 fully saturated rings. The van der Waals surface area contributed by atoms with Crippen molar-refractivity contribution in [3.05, 3.63) is 25.8 Å². The van der Waals surface area contributed by atoms with Crippen molar-refractivity contribution >= 4 is 57.4 Å². The van der Waals surface area contributed by atoms with Crippen LogP contribution in [0.1, 0.15) is 0 Å². The van der Waals surface area contributed by atoms with Crippen LogP contribution in [0.4, 0.5) is 0 Å². The summed E-state index contributed by atoms with van der Waals surface area (Å²) in [7, 11) is 0. The minimum absolute atomic E-state index is 0.417. The van der Waals surface area contributed by atoms with Crippen molar-refractivity contribution in [2.75, 3.05) is 0 Å². The lowest BCUT2D eigenvalue weighted by Gasteiger charge is -2.04. The molecule has 0 radical (unpaired) electrons. The van der Waals surface area contributed by atoms with Crippen LogP contribution in [-0.2, 0) is 9.53 Å². The Kier molecular flexibility index (Phi) is 8.26. The smallest absolute Gasteiger partial charge is 0.414 e. The molecule has 6 heteroatoms. The number of carbonyl (C=O) groups is 1. The van der Waals surface area contributed by atoms with Crippen molar-refractivity contribution in [2.24, 2.45) is 0 Å². The molecule has 0 aromatic heterocycles. The summed E-state index contributed by atoms with van der Waals surface area (Å²) in [5.74, 6) is -0.684. The summed E-state index contributed by atoms with van der Waals surface area (Å²) in [6.45, 7) is 0. The van der Waals surface area contributed by atoms with E-state index in [4.69, 9.17) is 10.3 Å². The molecule has 0 aromatic rings. The molecule has 0 heterocycles. The first kappa shape index (κ1) is 12.8. The van der Waals surface area contributed by atoms with E-state index < -0.39 is 12.1 Å². The zero-order valence-corrected chi connectivity index (χ0v) is 10.7. The third-order valence-electron chi connectivity index (χ3n) is 0.940. The van der Waals surface area contributed by atoms with Gasteiger partial charge in [-0.2, -0.15) is 4.79 Å². The lowest BCUT2D eigenvalue weighted by molar-refractivity contribution is -0.140. The number of carbonyl (C=O) groups excluding carboxylic acids is 1. The number of hydrogen-bond acceptors (Lipinski definition) is 2. The molecule has 0 aliphatic carbocycles. The minimum Gasteiger partial charge on any atom is -0.445 e. The maximum atomic E-state index is 10.8. The molecule has 0 aliphatic rings. The van der Waals surface area contributed by atoms with Crippen molar-refractivity contribution in [2.45, 2.75) is 6.10 Å². The molecule has 0 N–H and O–H groups in total. The summed E-state index contributed by atoms with van der Waals surface area (Å²) in [6.07, 6.45) is 3.67. The van der Waals surface area contributed by atoms with E-state index in [0.717, 1.165) is 0 Å². The largest absolute Gasteiger partial charge is 0.445 e. The predicted octanol–water partition coefficient (Wildman–Crippen LogP) is 2.10. The SMILES string of the molecule is [N-]=[N+]=CC(=O)OC(/C=C\I)/C=C\I. The monoisotopic (exact) mass is 404 g/mol. The van der Waals surface area contributed by atoms with E-state index in [9.17, 15) is 4.79 Å². The average Bonchev–Trinajstić information content (AvgIpc) is 2.05. The van der Waals surface area contributed by atoms with Gasteiger partial charge in [0.2, 0.25) is 0 Å². The third kappa shape index (κ3) is 6.91. The number of ether oxygens (including phenoxy) is 1. The lowest BCUT2D eigenvalue weighted by atomic mass is 10.3. The maximum absolute atomic E-state index is 10.8. The molecule has 0 atom stereocenters. The molecular formula is C7H6I2N2O2. The second-order valence-corrected chi connectivity index (χ2v) is 3.22. The van der Waals surface area contributed by atoms with E-state index in [1.54, 1.807) is 20.3 Å². The normalized spacial score (nSPS) is 10.7. The van der Waals surface area contributed by atoms with E-state index in [0.29, 0.717) is 6.21 Å². The van der Waals surface area contributed by atoms with Crippen LogP contribution in [0.3, 0.4) is 0 Å². The van der Waals surface area contributed by atoms with Gasteiger partial charge in [-0.3, -0.25) is 0 Å². The quantitative estimate of drug-likeness (QED) is 0.237. The fraction of sp³-hybridized carbons (Fsp3) is 0.143. The van der Waals surface area contributed by atoms with Crippen LogP contribution in [0.15, 0.2) is 20.3 Å². The van der Waals surface area contributed by atoms with Gasteiger partial charge in [-0.05, 0) is 20.3 Å². The first-order chi connectivity index (χ1) is 6.24. The highest BCUT2D eigenvalue weighted by Gasteiger charge is 2.08. The van der Waals surface area contributed by atoms with Crippen LogP contribution in [0.25, 0.3) is 5.53 Å². The summed E-state index contributed by atoms with van der Waals surface area (Å²) in [5.41, 5.74) is 8.04. The maximum Gasteiger partial charge on any atom is 0.414 e. The molecule has 70 valence electrons. The molecule has 0 rings (SSSR count). The lowest BCUT2D eigenvalue weighted by Crippen LogP contribution is -2.14. The second-order valence-electron chi connectivity index (χ2n) is 1.78. The Labute approximate surface area is 103 Å². The molecule has 0 saturated heterocycles. The zero-order chi connectivity index (χ0) is 10.1. The van der Waals surface area contributed by atoms with Crippen LogP contribution < -0.4 is 0 Å². The topological polar surface area (TPSA) is 62.7 Å². The minimum atomic E-state index is -0.684. The van der Waals surface area contributed by atoms with Crippen LogP contribution >= 0.6 is 45.2 Å². The molecule has 0 unspecified atom stereocenters. The molecule has 0 aliphatic heterocycles. The highest BCUT2D eigenvalue weighted by molar-refractivity contribution is 14.1. The van der Waals surface area contributed by atoms with E-state index in [2.05, 4.69) is 4.79 Å². The number of hydrogen-bond donors (Lipinski definition) is 0. The van der Waals surface area contributed by atoms with Crippen molar-refractivity contribution < 1.29 is 14.3 Å². The Morgan fingerprint density at radius 1 is 1.38 bits per heavy atom. The fourth-order valence-electron chi connectivity index (χ4n) is 0.498. The molecule has 4 nitrogen and oxygen atoms in total. The first-order valence-corrected chi connectivity index (χ1v) is 5.65. The van der Waals surface area contributed by atoms with Crippen LogP contribution in [0, 0.1) is 0 Å². The molecular weight excluding hydrogens is 398 g/mol. The molecule has 13 heavy (non-hydrogen) atoms. The van der Waals surface area contributed by atoms with Gasteiger partial charge in [-0.1, -0.05) is 45.2 Å². The molecule has 0 spiro atoms. The Bertz CT molecular complexity index is 258. The Hall–Kier alpha value is -0.210. The van der Waals surface area contributed by atoms with Crippen LogP contribution in [0.2, 0.25) is 0 Å². The first-order valence-electron chi connectivity index (χ1n) is 3.16.